The Bertz CT molecular complexity index is 1090. The van der Waals surface area contributed by atoms with Crippen molar-refractivity contribution in [2.24, 2.45) is 5.41 Å². The predicted molar refractivity (Wildman–Crippen MR) is 176 cm³/mol. The summed E-state index contributed by atoms with van der Waals surface area (Å²) in [6, 6.07) is 0. The van der Waals surface area contributed by atoms with E-state index in [0.29, 0.717) is 0 Å². The fraction of sp³-hybridized carbons (Fsp3) is 0.742. The van der Waals surface area contributed by atoms with Gasteiger partial charge in [0.15, 0.2) is 0 Å². The van der Waals surface area contributed by atoms with Gasteiger partial charge in [-0.1, -0.05) is 112 Å². The van der Waals surface area contributed by atoms with E-state index in [1.807, 2.05) is 10.4 Å². The van der Waals surface area contributed by atoms with Gasteiger partial charge in [-0.15, -0.1) is 0 Å². The van der Waals surface area contributed by atoms with Gasteiger partial charge in [-0.25, -0.2) is 0 Å². The van der Waals surface area contributed by atoms with E-state index in [0.717, 1.165) is 0 Å². The molecule has 0 aromatic heterocycles. The zero-order valence-corrected chi connectivity index (χ0v) is 36.9. The average molecular weight is 733 g/mol. The number of hydrogen-bond donors (Lipinski definition) is 0. The normalized spacial score (nSPS) is 32.0. The molecule has 226 valence electrons. The Labute approximate surface area is 284 Å². The molecule has 0 saturated carbocycles. The molecule has 2 unspecified atom stereocenters. The molecule has 0 N–H and O–H groups in total. The molecule has 2 aliphatic carbocycles. The number of allylic oxidation sites excluding steroid dienone is 8. The van der Waals surface area contributed by atoms with Crippen LogP contribution in [0.5, 0.6) is 0 Å². The Balaban J connectivity index is 0.00000267. The summed E-state index contributed by atoms with van der Waals surface area (Å²) < 4.78 is 6.28. The van der Waals surface area contributed by atoms with Crippen molar-refractivity contribution >= 4 is 32.9 Å². The van der Waals surface area contributed by atoms with Crippen LogP contribution in [0, 0.1) is 5.41 Å². The number of halogens is 2. The van der Waals surface area contributed by atoms with Gasteiger partial charge >= 0.3 is 26.2 Å². The van der Waals surface area contributed by atoms with E-state index in [9.17, 15) is 0 Å². The maximum absolute atomic E-state index is 3.14. The number of fused-ring (bicyclic) bond motifs is 2. The molecule has 40 heavy (non-hydrogen) atoms. The second kappa shape index (κ2) is 10.4. The molecule has 2 atom stereocenters. The summed E-state index contributed by atoms with van der Waals surface area (Å²) in [7, 11) is -7.77. The maximum atomic E-state index is 3.14. The van der Waals surface area contributed by atoms with Crippen molar-refractivity contribution in [2.45, 2.75) is 143 Å². The minimum Gasteiger partial charge on any atom is -1.00 e. The summed E-state index contributed by atoms with van der Waals surface area (Å²) in [6.45, 7) is 46.8. The van der Waals surface area contributed by atoms with Crippen molar-refractivity contribution in [1.82, 2.24) is 8.46 Å². The second-order valence-corrected chi connectivity index (χ2v) is 35.2. The fourth-order valence-corrected chi connectivity index (χ4v) is 46.7. The molecule has 2 nitrogen and oxygen atoms in total. The Morgan fingerprint density at radius 3 is 1.02 bits per heavy atom. The molecule has 0 amide bonds. The Hall–Kier alpha value is 1.21. The molecule has 0 radical (unpaired) electrons. The van der Waals surface area contributed by atoms with E-state index in [1.54, 1.807) is 0 Å². The van der Waals surface area contributed by atoms with Crippen LogP contribution in [0.25, 0.3) is 0 Å². The molecule has 2 fully saturated rings. The van der Waals surface area contributed by atoms with Crippen LogP contribution in [0.15, 0.2) is 45.8 Å². The summed E-state index contributed by atoms with van der Waals surface area (Å²) in [5.41, 5.74) is 3.45. The summed E-state index contributed by atoms with van der Waals surface area (Å²) in [4.78, 5) is 0. The van der Waals surface area contributed by atoms with E-state index in [1.165, 1.54) is 11.1 Å². The number of nitrogens with zero attached hydrogens (tertiary/aromatic N) is 2. The van der Waals surface area contributed by atoms with Gasteiger partial charge in [-0.3, -0.25) is 0 Å². The van der Waals surface area contributed by atoms with Crippen molar-refractivity contribution in [2.75, 3.05) is 0 Å². The van der Waals surface area contributed by atoms with Crippen molar-refractivity contribution in [3.05, 3.63) is 45.8 Å². The first-order valence-electron chi connectivity index (χ1n) is 14.7. The molecule has 0 aromatic carbocycles. The minimum atomic E-state index is -2.02. The molecular formula is C31H58Cl2N2Si4Zr. The van der Waals surface area contributed by atoms with E-state index < -0.39 is 32.9 Å². The van der Waals surface area contributed by atoms with Crippen LogP contribution >= 0.6 is 0 Å². The van der Waals surface area contributed by atoms with Crippen LogP contribution in [0.1, 0.15) is 69.2 Å². The number of hydrogen-bond acceptors (Lipinski definition) is 2. The smallest absolute Gasteiger partial charge is 1.00 e. The van der Waals surface area contributed by atoms with Crippen LogP contribution in [-0.2, 0) is 26.2 Å². The molecule has 9 heteroatoms. The molecule has 0 spiro atoms. The zero-order valence-electron chi connectivity index (χ0n) is 29.0. The Kier molecular flexibility index (Phi) is 10.2. The molecular weight excluding hydrogens is 675 g/mol. The van der Waals surface area contributed by atoms with Gasteiger partial charge in [-0.05, 0) is 60.8 Å². The molecule has 2 heterocycles. The molecule has 0 aromatic rings. The minimum absolute atomic E-state index is 0. The maximum Gasteiger partial charge on any atom is 2.00 e. The second-order valence-electron chi connectivity index (χ2n) is 17.4. The van der Waals surface area contributed by atoms with E-state index in [-0.39, 0.29) is 77.6 Å². The van der Waals surface area contributed by atoms with Gasteiger partial charge < -0.3 is 33.3 Å². The van der Waals surface area contributed by atoms with Gasteiger partial charge in [0, 0.05) is 21.2 Å². The quantitative estimate of drug-likeness (QED) is 0.402. The van der Waals surface area contributed by atoms with Crippen molar-refractivity contribution in [3.63, 3.8) is 0 Å². The third kappa shape index (κ3) is 4.31. The zero-order chi connectivity index (χ0) is 28.8. The van der Waals surface area contributed by atoms with Crippen LogP contribution in [0.2, 0.25) is 62.5 Å². The topological polar surface area (TPSA) is 6.48 Å². The van der Waals surface area contributed by atoms with Crippen LogP contribution in [0.3, 0.4) is 0 Å². The third-order valence-electron chi connectivity index (χ3n) is 11.3. The summed E-state index contributed by atoms with van der Waals surface area (Å²) in [5, 5.41) is 3.91. The van der Waals surface area contributed by atoms with Gasteiger partial charge in [0.1, 0.15) is 32.9 Å². The van der Waals surface area contributed by atoms with Crippen molar-refractivity contribution in [1.29, 1.82) is 0 Å². The first kappa shape index (κ1) is 39.2. The van der Waals surface area contributed by atoms with E-state index in [4.69, 9.17) is 0 Å². The summed E-state index contributed by atoms with van der Waals surface area (Å²) in [5.74, 6) is 0. The average Bonchev–Trinajstić information content (AvgIpc) is 3.24. The first-order chi connectivity index (χ1) is 16.2. The first-order valence-corrected chi connectivity index (χ1v) is 26.4. The van der Waals surface area contributed by atoms with Gasteiger partial charge in [0.05, 0.1) is 0 Å². The summed E-state index contributed by atoms with van der Waals surface area (Å²) >= 11 is 0. The third-order valence-corrected chi connectivity index (χ3v) is 35.3. The van der Waals surface area contributed by atoms with E-state index in [2.05, 4.69) is 154 Å². The SMILES string of the molecule is CC1=CC2(C(C)(C)C34C=C(C)C=C3[Si](C)(C)N(C(C)(C)C)[Si]4(C)C)C(=C1)[Si](C)(C)N(C(C)(C)C)[Si]2(C)C.[Cl-].[Cl-].[Zr+2]. The van der Waals surface area contributed by atoms with Crippen molar-refractivity contribution in [3.8, 4) is 0 Å². The van der Waals surface area contributed by atoms with Gasteiger partial charge in [-0.2, -0.15) is 0 Å². The Morgan fingerprint density at radius 1 is 0.550 bits per heavy atom. The number of rotatable bonds is 2. The Morgan fingerprint density at radius 2 is 0.800 bits per heavy atom. The largest absolute Gasteiger partial charge is 2.00 e. The predicted octanol–water partition coefficient (Wildman–Crippen LogP) is 3.40. The van der Waals surface area contributed by atoms with Gasteiger partial charge in [0.25, 0.3) is 0 Å². The van der Waals surface area contributed by atoms with Crippen LogP contribution in [0.4, 0.5) is 0 Å². The van der Waals surface area contributed by atoms with Crippen LogP contribution < -0.4 is 24.8 Å². The van der Waals surface area contributed by atoms with Crippen LogP contribution in [-0.4, -0.2) is 52.5 Å². The molecule has 2 aliphatic heterocycles. The molecule has 2 saturated heterocycles. The fourth-order valence-electron chi connectivity index (χ4n) is 12.2. The molecule has 0 bridgehead atoms. The monoisotopic (exact) mass is 730 g/mol. The molecule has 4 aliphatic rings. The summed E-state index contributed by atoms with van der Waals surface area (Å²) in [6.07, 6.45) is 11.0. The standard InChI is InChI=1S/C31H58N2Si4.2ClH.Zr/c1-23-19-25-30(21-23,36(15,16)32(27(3,4)5)34(25,11)12)29(9,10)31-22-24(2)20-26(31)35(13,14)33(28(6,7)8)37(31,17)18;;;/h19-22H,1-18H3;2*1H;/q;;;+2/p-2. The molecule has 4 rings (SSSR count). The van der Waals surface area contributed by atoms with Gasteiger partial charge in [0.2, 0.25) is 0 Å². The van der Waals surface area contributed by atoms with Crippen molar-refractivity contribution < 1.29 is 51.0 Å². The van der Waals surface area contributed by atoms with E-state index >= 15 is 0 Å².